The van der Waals surface area contributed by atoms with E-state index < -0.39 is 0 Å². The molecule has 0 saturated carbocycles. The minimum absolute atomic E-state index is 0.0386. The maximum Gasteiger partial charge on any atom is 0.267 e. The Kier molecular flexibility index (Phi) is 7.51. The summed E-state index contributed by atoms with van der Waals surface area (Å²) in [5.74, 6) is 0.244. The largest absolute Gasteiger partial charge is 0.340 e. The van der Waals surface area contributed by atoms with E-state index in [0.717, 1.165) is 12.1 Å². The second kappa shape index (κ2) is 8.88. The maximum absolute atomic E-state index is 12.3. The van der Waals surface area contributed by atoms with Gasteiger partial charge in [0.25, 0.3) is 5.56 Å². The summed E-state index contributed by atoms with van der Waals surface area (Å²) in [6, 6.07) is 2.02. The summed E-state index contributed by atoms with van der Waals surface area (Å²) in [7, 11) is 0. The zero-order valence-corrected chi connectivity index (χ0v) is 15.3. The lowest BCUT2D eigenvalue weighted by Crippen LogP contribution is -2.37. The highest BCUT2D eigenvalue weighted by atomic mass is 127. The van der Waals surface area contributed by atoms with Crippen LogP contribution in [0.25, 0.3) is 0 Å². The fourth-order valence-electron chi connectivity index (χ4n) is 2.03. The van der Waals surface area contributed by atoms with Gasteiger partial charge in [0.2, 0.25) is 5.91 Å². The first-order valence-corrected chi connectivity index (χ1v) is 8.37. The van der Waals surface area contributed by atoms with Crippen LogP contribution in [0.5, 0.6) is 0 Å². The average Bonchev–Trinajstić information content (AvgIpc) is 2.47. The quantitative estimate of drug-likeness (QED) is 0.636. The van der Waals surface area contributed by atoms with Crippen molar-refractivity contribution in [2.75, 3.05) is 13.1 Å². The number of aromatic nitrogens is 2. The molecule has 0 atom stereocenters. The second-order valence-corrected chi connectivity index (χ2v) is 6.50. The molecule has 0 radical (unpaired) electrons. The molecule has 22 heavy (non-hydrogen) atoms. The Labute approximate surface area is 144 Å². The van der Waals surface area contributed by atoms with E-state index >= 15 is 0 Å². The Bertz CT molecular complexity index is 619. The highest BCUT2D eigenvalue weighted by Gasteiger charge is 2.15. The normalized spacial score (nSPS) is 10.5. The molecule has 0 bridgehead atoms. The molecule has 7 heteroatoms. The van der Waals surface area contributed by atoms with E-state index in [1.807, 2.05) is 35.6 Å². The van der Waals surface area contributed by atoms with E-state index in [-0.39, 0.29) is 24.4 Å². The van der Waals surface area contributed by atoms with E-state index in [1.54, 1.807) is 4.90 Å². The van der Waals surface area contributed by atoms with Crippen molar-refractivity contribution in [3.8, 4) is 6.07 Å². The van der Waals surface area contributed by atoms with Gasteiger partial charge in [-0.05, 0) is 41.9 Å². The van der Waals surface area contributed by atoms with Crippen LogP contribution >= 0.6 is 22.6 Å². The van der Waals surface area contributed by atoms with E-state index in [4.69, 9.17) is 5.26 Å². The molecule has 1 amide bonds. The number of rotatable bonds is 7. The molecule has 0 spiro atoms. The van der Waals surface area contributed by atoms with Gasteiger partial charge in [0, 0.05) is 13.1 Å². The summed E-state index contributed by atoms with van der Waals surface area (Å²) in [6.07, 6.45) is 2.47. The number of hydrogen-bond donors (Lipinski definition) is 0. The van der Waals surface area contributed by atoms with Crippen molar-refractivity contribution in [2.45, 2.75) is 40.2 Å². The Balaban J connectivity index is 2.90. The molecule has 0 unspecified atom stereocenters. The van der Waals surface area contributed by atoms with Crippen molar-refractivity contribution in [1.29, 1.82) is 5.26 Å². The van der Waals surface area contributed by atoms with Crippen LogP contribution in [0.1, 0.15) is 32.9 Å². The predicted octanol–water partition coefficient (Wildman–Crippen LogP) is 1.81. The molecule has 1 heterocycles. The number of likely N-dealkylation sites (N-methyl/N-ethyl adjacent to an activating group) is 1. The van der Waals surface area contributed by atoms with Crippen molar-refractivity contribution >= 4 is 28.5 Å². The third-order valence-electron chi connectivity index (χ3n) is 3.19. The van der Waals surface area contributed by atoms with Gasteiger partial charge in [-0.2, -0.15) is 5.26 Å². The fourth-order valence-corrected chi connectivity index (χ4v) is 2.70. The lowest BCUT2D eigenvalue weighted by atomic mass is 10.1. The molecular weight excluding hydrogens is 395 g/mol. The first-order valence-electron chi connectivity index (χ1n) is 7.29. The topological polar surface area (TPSA) is 79.0 Å². The molecule has 0 aliphatic carbocycles. The molecule has 6 nitrogen and oxygen atoms in total. The molecule has 1 rings (SSSR count). The van der Waals surface area contributed by atoms with Gasteiger partial charge in [-0.3, -0.25) is 14.2 Å². The summed E-state index contributed by atoms with van der Waals surface area (Å²) < 4.78 is 1.91. The Morgan fingerprint density at radius 1 is 1.55 bits per heavy atom. The number of hydrogen-bond acceptors (Lipinski definition) is 4. The monoisotopic (exact) mass is 416 g/mol. The van der Waals surface area contributed by atoms with E-state index in [0.29, 0.717) is 22.6 Å². The number of carbonyl (C=O) groups is 1. The van der Waals surface area contributed by atoms with Gasteiger partial charge in [-0.1, -0.05) is 13.8 Å². The fraction of sp³-hybridized carbons (Fsp3) is 0.600. The van der Waals surface area contributed by atoms with Crippen molar-refractivity contribution in [3.05, 3.63) is 25.9 Å². The lowest BCUT2D eigenvalue weighted by molar-refractivity contribution is -0.131. The van der Waals surface area contributed by atoms with Crippen molar-refractivity contribution < 1.29 is 4.79 Å². The Morgan fingerprint density at radius 3 is 2.77 bits per heavy atom. The highest BCUT2D eigenvalue weighted by Crippen LogP contribution is 2.10. The van der Waals surface area contributed by atoms with Gasteiger partial charge in [0.1, 0.15) is 6.54 Å². The van der Waals surface area contributed by atoms with Crippen LogP contribution in [-0.2, 0) is 17.8 Å². The van der Waals surface area contributed by atoms with E-state index in [1.165, 1.54) is 10.9 Å². The summed E-state index contributed by atoms with van der Waals surface area (Å²) in [6.45, 7) is 6.86. The molecule has 0 aliphatic heterocycles. The number of nitrogens with zero attached hydrogens (tertiary/aromatic N) is 4. The first-order chi connectivity index (χ1) is 10.4. The summed E-state index contributed by atoms with van der Waals surface area (Å²) in [4.78, 5) is 30.4. The van der Waals surface area contributed by atoms with Gasteiger partial charge in [0.05, 0.1) is 28.1 Å². The second-order valence-electron chi connectivity index (χ2n) is 5.42. The van der Waals surface area contributed by atoms with Crippen LogP contribution in [0.4, 0.5) is 0 Å². The van der Waals surface area contributed by atoms with Crippen LogP contribution in [-0.4, -0.2) is 33.4 Å². The van der Waals surface area contributed by atoms with Crippen LogP contribution in [0.2, 0.25) is 0 Å². The van der Waals surface area contributed by atoms with Crippen LogP contribution in [0.15, 0.2) is 11.1 Å². The molecule has 0 aliphatic rings. The highest BCUT2D eigenvalue weighted by molar-refractivity contribution is 14.1. The molecule has 0 N–H and O–H groups in total. The van der Waals surface area contributed by atoms with Crippen LogP contribution in [0, 0.1) is 20.8 Å². The van der Waals surface area contributed by atoms with Gasteiger partial charge >= 0.3 is 0 Å². The standard InChI is InChI=1S/C15H21IN4O2/c1-4-19(7-5-6-17)13(21)9-20-10-18-12(8-11(2)3)14(16)15(20)22/h10-11H,4-5,7-9H2,1-3H3. The SMILES string of the molecule is CCN(CCC#N)C(=O)Cn1cnc(CC(C)C)c(I)c1=O. The van der Waals surface area contributed by atoms with Crippen molar-refractivity contribution in [3.63, 3.8) is 0 Å². The molecule has 120 valence electrons. The van der Waals surface area contributed by atoms with Gasteiger partial charge in [-0.25, -0.2) is 4.98 Å². The predicted molar refractivity (Wildman–Crippen MR) is 92.2 cm³/mol. The van der Waals surface area contributed by atoms with Gasteiger partial charge in [-0.15, -0.1) is 0 Å². The number of amides is 1. The Hall–Kier alpha value is -1.43. The molecule has 1 aromatic rings. The van der Waals surface area contributed by atoms with Gasteiger partial charge in [0.15, 0.2) is 0 Å². The summed E-state index contributed by atoms with van der Waals surface area (Å²) in [5.41, 5.74) is 0.595. The molecule has 0 fully saturated rings. The molecule has 0 aromatic carbocycles. The molecular formula is C15H21IN4O2. The Morgan fingerprint density at radius 2 is 2.23 bits per heavy atom. The van der Waals surface area contributed by atoms with Gasteiger partial charge < -0.3 is 4.90 Å². The van der Waals surface area contributed by atoms with Crippen molar-refractivity contribution in [1.82, 2.24) is 14.5 Å². The van der Waals surface area contributed by atoms with Crippen LogP contribution < -0.4 is 5.56 Å². The minimum Gasteiger partial charge on any atom is -0.340 e. The molecule has 1 aromatic heterocycles. The molecule has 0 saturated heterocycles. The number of carbonyl (C=O) groups excluding carboxylic acids is 1. The van der Waals surface area contributed by atoms with E-state index in [2.05, 4.69) is 18.8 Å². The summed E-state index contributed by atoms with van der Waals surface area (Å²) >= 11 is 2.00. The van der Waals surface area contributed by atoms with E-state index in [9.17, 15) is 9.59 Å². The van der Waals surface area contributed by atoms with Crippen molar-refractivity contribution in [2.24, 2.45) is 5.92 Å². The van der Waals surface area contributed by atoms with Crippen LogP contribution in [0.3, 0.4) is 0 Å². The third kappa shape index (κ3) is 5.09. The first kappa shape index (κ1) is 18.6. The zero-order chi connectivity index (χ0) is 16.7. The summed E-state index contributed by atoms with van der Waals surface area (Å²) in [5, 5.41) is 8.61. The number of halogens is 1. The third-order valence-corrected chi connectivity index (χ3v) is 4.27. The minimum atomic E-state index is -0.184. The zero-order valence-electron chi connectivity index (χ0n) is 13.2. The number of nitriles is 1. The maximum atomic E-state index is 12.3. The smallest absolute Gasteiger partial charge is 0.267 e. The average molecular weight is 416 g/mol. The lowest BCUT2D eigenvalue weighted by Gasteiger charge is -2.20.